The molecular formula is C10H12ClFO. The average molecular weight is 203 g/mol. The van der Waals surface area contributed by atoms with Crippen LogP contribution in [0.5, 0.6) is 0 Å². The Bertz CT molecular complexity index is 228. The number of hydrogen-bond acceptors (Lipinski definition) is 1. The van der Waals surface area contributed by atoms with Crippen LogP contribution < -0.4 is 0 Å². The lowest BCUT2D eigenvalue weighted by Gasteiger charge is -2.05. The summed E-state index contributed by atoms with van der Waals surface area (Å²) in [5.74, 6) is -0.102. The van der Waals surface area contributed by atoms with Crippen molar-refractivity contribution in [3.63, 3.8) is 0 Å². The SMILES string of the molecule is FC(CCl)OCCc1ccccc1. The van der Waals surface area contributed by atoms with Gasteiger partial charge in [-0.05, 0) is 12.0 Å². The van der Waals surface area contributed by atoms with Crippen LogP contribution in [0, 0.1) is 0 Å². The van der Waals surface area contributed by atoms with E-state index in [9.17, 15) is 4.39 Å². The Kier molecular flexibility index (Phi) is 4.79. The van der Waals surface area contributed by atoms with E-state index in [-0.39, 0.29) is 5.88 Å². The fourth-order valence-electron chi connectivity index (χ4n) is 0.994. The Hall–Kier alpha value is -0.600. The van der Waals surface area contributed by atoms with Crippen molar-refractivity contribution < 1.29 is 9.13 Å². The Morgan fingerprint density at radius 2 is 2.00 bits per heavy atom. The molecule has 0 heterocycles. The molecule has 13 heavy (non-hydrogen) atoms. The van der Waals surface area contributed by atoms with Gasteiger partial charge in [0, 0.05) is 0 Å². The molecule has 0 amide bonds. The van der Waals surface area contributed by atoms with Crippen LogP contribution in [0.2, 0.25) is 0 Å². The van der Waals surface area contributed by atoms with Gasteiger partial charge in [0.05, 0.1) is 12.5 Å². The molecule has 0 bridgehead atoms. The summed E-state index contributed by atoms with van der Waals surface area (Å²) in [6, 6.07) is 9.81. The molecule has 1 aromatic rings. The fraction of sp³-hybridized carbons (Fsp3) is 0.400. The van der Waals surface area contributed by atoms with Gasteiger partial charge in [0.25, 0.3) is 0 Å². The van der Waals surface area contributed by atoms with Crippen molar-refractivity contribution in [2.24, 2.45) is 0 Å². The molecule has 0 aliphatic heterocycles. The topological polar surface area (TPSA) is 9.23 Å². The summed E-state index contributed by atoms with van der Waals surface area (Å²) in [5, 5.41) is 0. The van der Waals surface area contributed by atoms with Crippen LogP contribution in [-0.2, 0) is 11.2 Å². The maximum Gasteiger partial charge on any atom is 0.212 e. The van der Waals surface area contributed by atoms with Crippen LogP contribution in [0.3, 0.4) is 0 Å². The molecule has 0 aliphatic carbocycles. The molecule has 0 saturated carbocycles. The molecule has 0 N–H and O–H groups in total. The minimum absolute atomic E-state index is 0.102. The smallest absolute Gasteiger partial charge is 0.212 e. The highest BCUT2D eigenvalue weighted by molar-refractivity contribution is 6.18. The highest BCUT2D eigenvalue weighted by atomic mass is 35.5. The number of rotatable bonds is 5. The summed E-state index contributed by atoms with van der Waals surface area (Å²) in [6.45, 7) is 0.373. The zero-order valence-electron chi connectivity index (χ0n) is 7.25. The van der Waals surface area contributed by atoms with Crippen molar-refractivity contribution in [1.29, 1.82) is 0 Å². The summed E-state index contributed by atoms with van der Waals surface area (Å²) in [6.07, 6.45) is -0.622. The molecule has 0 spiro atoms. The van der Waals surface area contributed by atoms with Gasteiger partial charge in [-0.2, -0.15) is 0 Å². The number of halogens is 2. The van der Waals surface area contributed by atoms with Gasteiger partial charge in [0.1, 0.15) is 0 Å². The van der Waals surface area contributed by atoms with Crippen LogP contribution in [-0.4, -0.2) is 18.8 Å². The molecule has 0 fully saturated rings. The van der Waals surface area contributed by atoms with E-state index in [0.29, 0.717) is 6.61 Å². The molecule has 1 rings (SSSR count). The van der Waals surface area contributed by atoms with Crippen LogP contribution in [0.15, 0.2) is 30.3 Å². The molecule has 1 nitrogen and oxygen atoms in total. The molecular weight excluding hydrogens is 191 g/mol. The molecule has 0 saturated heterocycles. The highest BCUT2D eigenvalue weighted by Gasteiger charge is 2.02. The second-order valence-corrected chi connectivity index (χ2v) is 2.98. The van der Waals surface area contributed by atoms with Gasteiger partial charge in [-0.1, -0.05) is 30.3 Å². The van der Waals surface area contributed by atoms with E-state index in [2.05, 4.69) is 0 Å². The van der Waals surface area contributed by atoms with Crippen molar-refractivity contribution in [2.75, 3.05) is 12.5 Å². The molecule has 0 radical (unpaired) electrons. The fourth-order valence-corrected chi connectivity index (χ4v) is 1.08. The van der Waals surface area contributed by atoms with E-state index in [4.69, 9.17) is 16.3 Å². The Labute approximate surface area is 82.5 Å². The Morgan fingerprint density at radius 1 is 1.31 bits per heavy atom. The largest absolute Gasteiger partial charge is 0.347 e. The summed E-state index contributed by atoms with van der Waals surface area (Å²) in [7, 11) is 0. The molecule has 3 heteroatoms. The third-order valence-electron chi connectivity index (χ3n) is 1.65. The maximum atomic E-state index is 12.5. The number of alkyl halides is 2. The van der Waals surface area contributed by atoms with Gasteiger partial charge >= 0.3 is 0 Å². The van der Waals surface area contributed by atoms with Gasteiger partial charge < -0.3 is 4.74 Å². The lowest BCUT2D eigenvalue weighted by atomic mass is 10.2. The van der Waals surface area contributed by atoms with Gasteiger partial charge in [-0.25, -0.2) is 4.39 Å². The van der Waals surface area contributed by atoms with Crippen molar-refractivity contribution >= 4 is 11.6 Å². The average Bonchev–Trinajstić information content (AvgIpc) is 2.19. The van der Waals surface area contributed by atoms with E-state index >= 15 is 0 Å². The third kappa shape index (κ3) is 4.25. The zero-order valence-corrected chi connectivity index (χ0v) is 8.01. The van der Waals surface area contributed by atoms with E-state index in [1.54, 1.807) is 0 Å². The number of ether oxygens (including phenoxy) is 1. The molecule has 72 valence electrons. The minimum Gasteiger partial charge on any atom is -0.347 e. The molecule has 1 unspecified atom stereocenters. The molecule has 1 atom stereocenters. The first-order valence-corrected chi connectivity index (χ1v) is 4.72. The van der Waals surface area contributed by atoms with E-state index in [0.717, 1.165) is 12.0 Å². The van der Waals surface area contributed by atoms with E-state index in [1.807, 2.05) is 30.3 Å². The van der Waals surface area contributed by atoms with Crippen molar-refractivity contribution in [3.8, 4) is 0 Å². The first-order valence-electron chi connectivity index (χ1n) is 4.18. The summed E-state index contributed by atoms with van der Waals surface area (Å²) < 4.78 is 17.3. The second-order valence-electron chi connectivity index (χ2n) is 2.67. The number of benzene rings is 1. The first kappa shape index (κ1) is 10.5. The normalized spacial score (nSPS) is 12.8. The van der Waals surface area contributed by atoms with Crippen molar-refractivity contribution in [3.05, 3.63) is 35.9 Å². The summed E-state index contributed by atoms with van der Waals surface area (Å²) in [4.78, 5) is 0. The highest BCUT2D eigenvalue weighted by Crippen LogP contribution is 2.02. The molecule has 0 aromatic heterocycles. The predicted molar refractivity (Wildman–Crippen MR) is 51.7 cm³/mol. The van der Waals surface area contributed by atoms with Crippen LogP contribution in [0.4, 0.5) is 4.39 Å². The zero-order chi connectivity index (χ0) is 9.52. The van der Waals surface area contributed by atoms with Gasteiger partial charge in [0.15, 0.2) is 0 Å². The van der Waals surface area contributed by atoms with Gasteiger partial charge in [0.2, 0.25) is 6.36 Å². The molecule has 1 aromatic carbocycles. The molecule has 0 aliphatic rings. The monoisotopic (exact) mass is 202 g/mol. The standard InChI is InChI=1S/C10H12ClFO/c11-8-10(12)13-7-6-9-4-2-1-3-5-9/h1-5,10H,6-8H2. The van der Waals surface area contributed by atoms with Gasteiger partial charge in [-0.3, -0.25) is 0 Å². The van der Waals surface area contributed by atoms with Crippen LogP contribution in [0.25, 0.3) is 0 Å². The van der Waals surface area contributed by atoms with Crippen molar-refractivity contribution in [2.45, 2.75) is 12.8 Å². The van der Waals surface area contributed by atoms with E-state index in [1.165, 1.54) is 0 Å². The maximum absolute atomic E-state index is 12.5. The summed E-state index contributed by atoms with van der Waals surface area (Å²) in [5.41, 5.74) is 1.14. The summed E-state index contributed by atoms with van der Waals surface area (Å²) >= 11 is 5.23. The van der Waals surface area contributed by atoms with Crippen molar-refractivity contribution in [1.82, 2.24) is 0 Å². The van der Waals surface area contributed by atoms with Gasteiger partial charge in [-0.15, -0.1) is 11.6 Å². The predicted octanol–water partition coefficient (Wildman–Crippen LogP) is 2.78. The lowest BCUT2D eigenvalue weighted by Crippen LogP contribution is -2.10. The Balaban J connectivity index is 2.20. The van der Waals surface area contributed by atoms with E-state index < -0.39 is 6.36 Å². The number of hydrogen-bond donors (Lipinski definition) is 0. The third-order valence-corrected chi connectivity index (χ3v) is 1.90. The lowest BCUT2D eigenvalue weighted by molar-refractivity contribution is -0.0201. The first-order chi connectivity index (χ1) is 6.33. The second kappa shape index (κ2) is 5.95. The van der Waals surface area contributed by atoms with Crippen LogP contribution >= 0.6 is 11.6 Å². The van der Waals surface area contributed by atoms with Crippen LogP contribution in [0.1, 0.15) is 5.56 Å². The Morgan fingerprint density at radius 3 is 2.62 bits per heavy atom. The minimum atomic E-state index is -1.34. The quantitative estimate of drug-likeness (QED) is 0.668.